The Hall–Kier alpha value is -1.85. The van der Waals surface area contributed by atoms with E-state index in [4.69, 9.17) is 5.11 Å². The Kier molecular flexibility index (Phi) is 3.64. The van der Waals surface area contributed by atoms with Crippen molar-refractivity contribution in [1.82, 2.24) is 15.1 Å². The highest BCUT2D eigenvalue weighted by Crippen LogP contribution is 2.24. The molecule has 0 radical (unpaired) electrons. The van der Waals surface area contributed by atoms with Crippen LogP contribution in [0.2, 0.25) is 0 Å². The second kappa shape index (κ2) is 5.20. The zero-order valence-electron chi connectivity index (χ0n) is 10.3. The number of hydrogen-bond donors (Lipinski definition) is 2. The van der Waals surface area contributed by atoms with Gasteiger partial charge in [-0.3, -0.25) is 14.3 Å². The molecule has 1 aliphatic carbocycles. The van der Waals surface area contributed by atoms with Gasteiger partial charge in [-0.2, -0.15) is 5.10 Å². The number of carbonyl (C=O) groups is 2. The first kappa shape index (κ1) is 12.6. The number of amides is 1. The Bertz CT molecular complexity index is 455. The first-order valence-corrected chi connectivity index (χ1v) is 6.11. The van der Waals surface area contributed by atoms with Crippen LogP contribution in [0.4, 0.5) is 0 Å². The number of aliphatic carboxylic acids is 1. The Labute approximate surface area is 105 Å². The van der Waals surface area contributed by atoms with Crippen LogP contribution in [0.5, 0.6) is 0 Å². The molecule has 0 aliphatic heterocycles. The van der Waals surface area contributed by atoms with Crippen molar-refractivity contribution in [2.45, 2.75) is 31.7 Å². The second-order valence-electron chi connectivity index (χ2n) is 4.65. The van der Waals surface area contributed by atoms with E-state index in [0.717, 1.165) is 19.3 Å². The fourth-order valence-corrected chi connectivity index (χ4v) is 2.44. The maximum absolute atomic E-state index is 12.0. The fourth-order valence-electron chi connectivity index (χ4n) is 2.44. The van der Waals surface area contributed by atoms with E-state index in [9.17, 15) is 9.59 Å². The fraction of sp³-hybridized carbons (Fsp3) is 0.583. The zero-order chi connectivity index (χ0) is 13.1. The van der Waals surface area contributed by atoms with Gasteiger partial charge in [-0.1, -0.05) is 12.8 Å². The van der Waals surface area contributed by atoms with E-state index < -0.39 is 11.9 Å². The normalized spacial score (nSPS) is 23.6. The number of nitrogens with zero attached hydrogens (tertiary/aromatic N) is 2. The van der Waals surface area contributed by atoms with Gasteiger partial charge in [0.05, 0.1) is 5.92 Å². The minimum atomic E-state index is -0.829. The van der Waals surface area contributed by atoms with E-state index in [1.807, 2.05) is 0 Å². The third kappa shape index (κ3) is 2.52. The van der Waals surface area contributed by atoms with Crippen molar-refractivity contribution in [3.63, 3.8) is 0 Å². The monoisotopic (exact) mass is 251 g/mol. The Morgan fingerprint density at radius 1 is 1.44 bits per heavy atom. The van der Waals surface area contributed by atoms with Crippen molar-refractivity contribution >= 4 is 11.9 Å². The molecule has 0 bridgehead atoms. The van der Waals surface area contributed by atoms with E-state index in [2.05, 4.69) is 10.4 Å². The summed E-state index contributed by atoms with van der Waals surface area (Å²) in [5, 5.41) is 15.9. The molecule has 0 saturated heterocycles. The van der Waals surface area contributed by atoms with Gasteiger partial charge in [0.25, 0.3) is 5.91 Å². The number of carboxylic acid groups (broad SMARTS) is 1. The molecular weight excluding hydrogens is 234 g/mol. The summed E-state index contributed by atoms with van der Waals surface area (Å²) >= 11 is 0. The first-order chi connectivity index (χ1) is 8.59. The van der Waals surface area contributed by atoms with Crippen molar-refractivity contribution in [3.05, 3.63) is 18.0 Å². The maximum atomic E-state index is 12.0. The van der Waals surface area contributed by atoms with Crippen LogP contribution in [-0.2, 0) is 11.8 Å². The predicted octanol–water partition coefficient (Wildman–Crippen LogP) is 0.793. The molecule has 0 spiro atoms. The zero-order valence-corrected chi connectivity index (χ0v) is 10.3. The third-order valence-electron chi connectivity index (χ3n) is 3.45. The van der Waals surface area contributed by atoms with Gasteiger partial charge in [-0.05, 0) is 18.9 Å². The van der Waals surface area contributed by atoms with Crippen molar-refractivity contribution < 1.29 is 14.7 Å². The molecule has 2 rings (SSSR count). The number of nitrogens with one attached hydrogen (secondary N) is 1. The van der Waals surface area contributed by atoms with Crippen LogP contribution >= 0.6 is 0 Å². The molecule has 2 N–H and O–H groups in total. The van der Waals surface area contributed by atoms with Crippen molar-refractivity contribution in [2.24, 2.45) is 13.0 Å². The second-order valence-corrected chi connectivity index (χ2v) is 4.65. The number of hydrogen-bond acceptors (Lipinski definition) is 3. The van der Waals surface area contributed by atoms with Gasteiger partial charge in [-0.15, -0.1) is 0 Å². The molecule has 1 aliphatic rings. The van der Waals surface area contributed by atoms with Crippen LogP contribution in [-0.4, -0.2) is 32.8 Å². The molecule has 1 heterocycles. The summed E-state index contributed by atoms with van der Waals surface area (Å²) in [7, 11) is 1.68. The van der Waals surface area contributed by atoms with Crippen molar-refractivity contribution in [1.29, 1.82) is 0 Å². The predicted molar refractivity (Wildman–Crippen MR) is 64.1 cm³/mol. The van der Waals surface area contributed by atoms with Gasteiger partial charge in [0.1, 0.15) is 5.69 Å². The van der Waals surface area contributed by atoms with E-state index in [0.29, 0.717) is 12.1 Å². The molecular formula is C12H17N3O3. The molecule has 1 aromatic rings. The van der Waals surface area contributed by atoms with Crippen LogP contribution in [0.15, 0.2) is 12.3 Å². The van der Waals surface area contributed by atoms with Crippen LogP contribution in [0.1, 0.15) is 36.2 Å². The number of rotatable bonds is 3. The highest BCUT2D eigenvalue weighted by Gasteiger charge is 2.32. The van der Waals surface area contributed by atoms with Gasteiger partial charge in [0.15, 0.2) is 0 Å². The van der Waals surface area contributed by atoms with Crippen LogP contribution in [0.3, 0.4) is 0 Å². The number of carboxylic acids is 1. The summed E-state index contributed by atoms with van der Waals surface area (Å²) < 4.78 is 1.48. The minimum absolute atomic E-state index is 0.256. The number of aryl methyl sites for hydroxylation is 1. The van der Waals surface area contributed by atoms with Gasteiger partial charge >= 0.3 is 5.97 Å². The molecule has 6 nitrogen and oxygen atoms in total. The lowest BCUT2D eigenvalue weighted by Crippen LogP contribution is -2.45. The molecule has 0 aromatic carbocycles. The van der Waals surface area contributed by atoms with E-state index in [1.165, 1.54) is 4.68 Å². The lowest BCUT2D eigenvalue weighted by molar-refractivity contribution is -0.143. The summed E-state index contributed by atoms with van der Waals surface area (Å²) in [5.41, 5.74) is 0.449. The highest BCUT2D eigenvalue weighted by atomic mass is 16.4. The number of aromatic nitrogens is 2. The molecule has 98 valence electrons. The van der Waals surface area contributed by atoms with Crippen LogP contribution in [0.25, 0.3) is 0 Å². The van der Waals surface area contributed by atoms with Crippen LogP contribution < -0.4 is 5.32 Å². The van der Waals surface area contributed by atoms with Gasteiger partial charge in [0.2, 0.25) is 0 Å². The molecule has 1 fully saturated rings. The summed E-state index contributed by atoms with van der Waals surface area (Å²) in [6.45, 7) is 0. The third-order valence-corrected chi connectivity index (χ3v) is 3.45. The van der Waals surface area contributed by atoms with Crippen molar-refractivity contribution in [2.75, 3.05) is 0 Å². The van der Waals surface area contributed by atoms with E-state index in [-0.39, 0.29) is 11.9 Å². The van der Waals surface area contributed by atoms with Gasteiger partial charge < -0.3 is 10.4 Å². The minimum Gasteiger partial charge on any atom is -0.481 e. The topological polar surface area (TPSA) is 84.2 Å². The average Bonchev–Trinajstić information content (AvgIpc) is 2.76. The Morgan fingerprint density at radius 3 is 2.78 bits per heavy atom. The molecule has 6 heteroatoms. The molecule has 2 atom stereocenters. The summed E-state index contributed by atoms with van der Waals surface area (Å²) in [4.78, 5) is 23.1. The average molecular weight is 251 g/mol. The highest BCUT2D eigenvalue weighted by molar-refractivity contribution is 5.93. The smallest absolute Gasteiger partial charge is 0.308 e. The molecule has 2 unspecified atom stereocenters. The summed E-state index contributed by atoms with van der Waals surface area (Å²) in [6, 6.07) is 1.34. The van der Waals surface area contributed by atoms with Crippen LogP contribution in [0, 0.1) is 5.92 Å². The Balaban J connectivity index is 2.05. The lowest BCUT2D eigenvalue weighted by Gasteiger charge is -2.29. The maximum Gasteiger partial charge on any atom is 0.308 e. The summed E-state index contributed by atoms with van der Waals surface area (Å²) in [6.07, 6.45) is 4.77. The quantitative estimate of drug-likeness (QED) is 0.832. The van der Waals surface area contributed by atoms with E-state index >= 15 is 0 Å². The summed E-state index contributed by atoms with van der Waals surface area (Å²) in [5.74, 6) is -1.56. The van der Waals surface area contributed by atoms with Crippen molar-refractivity contribution in [3.8, 4) is 0 Å². The van der Waals surface area contributed by atoms with Gasteiger partial charge in [-0.25, -0.2) is 0 Å². The SMILES string of the molecule is Cn1nccc1C(=O)NC1CCCCC1C(=O)O. The lowest BCUT2D eigenvalue weighted by atomic mass is 9.84. The molecule has 1 aromatic heterocycles. The standard InChI is InChI=1S/C12H17N3O3/c1-15-10(6-7-13-15)11(16)14-9-5-3-2-4-8(9)12(17)18/h6-9H,2-5H2,1H3,(H,14,16)(H,17,18). The number of carbonyl (C=O) groups excluding carboxylic acids is 1. The largest absolute Gasteiger partial charge is 0.481 e. The Morgan fingerprint density at radius 2 is 2.17 bits per heavy atom. The molecule has 1 amide bonds. The molecule has 1 saturated carbocycles. The first-order valence-electron chi connectivity index (χ1n) is 6.11. The van der Waals surface area contributed by atoms with E-state index in [1.54, 1.807) is 19.3 Å². The molecule has 18 heavy (non-hydrogen) atoms. The van der Waals surface area contributed by atoms with Gasteiger partial charge in [0, 0.05) is 19.3 Å².